The third-order valence-corrected chi connectivity index (χ3v) is 7.12. The largest absolute Gasteiger partial charge is 0.488 e. The fourth-order valence-corrected chi connectivity index (χ4v) is 4.93. The van der Waals surface area contributed by atoms with Gasteiger partial charge in [0.1, 0.15) is 29.8 Å². The smallest absolute Gasteiger partial charge is 0.147 e. The van der Waals surface area contributed by atoms with Crippen molar-refractivity contribution in [2.24, 2.45) is 0 Å². The summed E-state index contributed by atoms with van der Waals surface area (Å²) in [5.74, 6) is 0.00614. The maximum Gasteiger partial charge on any atom is 0.147 e. The van der Waals surface area contributed by atoms with Crippen LogP contribution < -0.4 is 10.1 Å². The summed E-state index contributed by atoms with van der Waals surface area (Å²) in [5, 5.41) is 23.6. The van der Waals surface area contributed by atoms with Crippen LogP contribution in [0.3, 0.4) is 0 Å². The molecule has 35 heavy (non-hydrogen) atoms. The van der Waals surface area contributed by atoms with Crippen LogP contribution in [0.1, 0.15) is 23.1 Å². The predicted octanol–water partition coefficient (Wildman–Crippen LogP) is 2.59. The Morgan fingerprint density at radius 3 is 2.89 bits per heavy atom. The van der Waals surface area contributed by atoms with Gasteiger partial charge < -0.3 is 15.2 Å². The Morgan fingerprint density at radius 2 is 2.14 bits per heavy atom. The fraction of sp³-hybridized carbons (Fsp3) is 0.375. The highest BCUT2D eigenvalue weighted by molar-refractivity contribution is 6.34. The lowest BCUT2D eigenvalue weighted by atomic mass is 10.1. The first-order valence-corrected chi connectivity index (χ1v) is 12.0. The van der Waals surface area contributed by atoms with Crippen LogP contribution >= 0.6 is 11.6 Å². The van der Waals surface area contributed by atoms with E-state index >= 15 is 0 Å². The Labute approximate surface area is 206 Å². The van der Waals surface area contributed by atoms with Gasteiger partial charge in [0.15, 0.2) is 0 Å². The number of ether oxygens (including phenoxy) is 1. The van der Waals surface area contributed by atoms with E-state index in [1.807, 2.05) is 12.3 Å². The van der Waals surface area contributed by atoms with Gasteiger partial charge in [0.25, 0.3) is 0 Å². The van der Waals surface area contributed by atoms with Gasteiger partial charge in [-0.2, -0.15) is 10.2 Å². The minimum Gasteiger partial charge on any atom is -0.488 e. The molecular formula is C24H25ClFN7O2. The third-order valence-electron chi connectivity index (χ3n) is 6.84. The maximum atomic E-state index is 13.2. The lowest BCUT2D eigenvalue weighted by molar-refractivity contribution is 0.105. The Kier molecular flexibility index (Phi) is 5.68. The first kappa shape index (κ1) is 22.4. The fourth-order valence-electron chi connectivity index (χ4n) is 4.71. The van der Waals surface area contributed by atoms with E-state index in [9.17, 15) is 9.50 Å². The maximum absolute atomic E-state index is 13.2. The molecule has 1 unspecified atom stereocenters. The molecule has 0 spiro atoms. The summed E-state index contributed by atoms with van der Waals surface area (Å²) in [7, 11) is 0. The summed E-state index contributed by atoms with van der Waals surface area (Å²) >= 11 is 6.39. The molecule has 182 valence electrons. The van der Waals surface area contributed by atoms with Crippen LogP contribution in [0, 0.1) is 12.7 Å². The monoisotopic (exact) mass is 497 g/mol. The SMILES string of the molecule is Cc1c(-c2cc(OCC(O)c3ccc(F)cn3)c3c(Cl)cnn3c2)nn2c1CN(C1CNC1)CC2. The van der Waals surface area contributed by atoms with Crippen molar-refractivity contribution < 1.29 is 14.2 Å². The lowest BCUT2D eigenvalue weighted by Crippen LogP contribution is -2.58. The number of aromatic nitrogens is 5. The number of nitrogens with one attached hydrogen (secondary N) is 1. The molecule has 6 rings (SSSR count). The number of fused-ring (bicyclic) bond motifs is 2. The predicted molar refractivity (Wildman–Crippen MR) is 128 cm³/mol. The second-order valence-corrected chi connectivity index (χ2v) is 9.44. The van der Waals surface area contributed by atoms with Gasteiger partial charge in [0, 0.05) is 44.0 Å². The summed E-state index contributed by atoms with van der Waals surface area (Å²) in [6.45, 7) is 6.80. The van der Waals surface area contributed by atoms with E-state index in [1.165, 1.54) is 17.8 Å². The third kappa shape index (κ3) is 4.06. The molecule has 0 radical (unpaired) electrons. The van der Waals surface area contributed by atoms with Crippen LogP contribution in [0.5, 0.6) is 5.75 Å². The van der Waals surface area contributed by atoms with Crippen molar-refractivity contribution in [2.45, 2.75) is 32.2 Å². The van der Waals surface area contributed by atoms with Crippen LogP contribution in [0.4, 0.5) is 4.39 Å². The molecule has 2 aliphatic heterocycles. The number of pyridine rings is 2. The van der Waals surface area contributed by atoms with Crippen LogP contribution in [0.15, 0.2) is 36.8 Å². The molecule has 0 bridgehead atoms. The van der Waals surface area contributed by atoms with Gasteiger partial charge >= 0.3 is 0 Å². The highest BCUT2D eigenvalue weighted by atomic mass is 35.5. The summed E-state index contributed by atoms with van der Waals surface area (Å²) in [6, 6.07) is 5.15. The zero-order valence-corrected chi connectivity index (χ0v) is 19.9. The number of hydrogen-bond acceptors (Lipinski definition) is 7. The molecule has 0 saturated carbocycles. The van der Waals surface area contributed by atoms with Crippen LogP contribution in [-0.4, -0.2) is 66.7 Å². The molecule has 11 heteroatoms. The first-order valence-electron chi connectivity index (χ1n) is 11.6. The van der Waals surface area contributed by atoms with Crippen LogP contribution in [-0.2, 0) is 13.1 Å². The minimum atomic E-state index is -1.03. The molecule has 2 aliphatic rings. The first-order chi connectivity index (χ1) is 17.0. The lowest BCUT2D eigenvalue weighted by Gasteiger charge is -2.40. The van der Waals surface area contributed by atoms with E-state index < -0.39 is 11.9 Å². The number of halogens is 2. The van der Waals surface area contributed by atoms with Gasteiger partial charge in [-0.1, -0.05) is 11.6 Å². The standard InChI is InChI=1S/C24H25ClFN7O2/c1-14-20-12-31(17-8-27-9-17)4-5-32(20)30-23(14)15-6-22(24-18(25)10-29-33(24)11-15)35-13-21(34)19-3-2-16(26)7-28-19/h2-3,6-7,10-11,17,21,27,34H,4-5,8-9,12-13H2,1H3. The molecule has 1 atom stereocenters. The number of hydrogen-bond donors (Lipinski definition) is 2. The van der Waals surface area contributed by atoms with Crippen LogP contribution in [0.25, 0.3) is 16.8 Å². The quantitative estimate of drug-likeness (QED) is 0.423. The van der Waals surface area contributed by atoms with E-state index in [-0.39, 0.29) is 6.61 Å². The van der Waals surface area contributed by atoms with Gasteiger partial charge in [-0.25, -0.2) is 8.91 Å². The van der Waals surface area contributed by atoms with Gasteiger partial charge in [0.2, 0.25) is 0 Å². The molecule has 2 N–H and O–H groups in total. The average molecular weight is 498 g/mol. The zero-order chi connectivity index (χ0) is 24.1. The van der Waals surface area contributed by atoms with Gasteiger partial charge in [-0.3, -0.25) is 14.6 Å². The van der Waals surface area contributed by atoms with E-state index in [0.29, 0.717) is 28.0 Å². The van der Waals surface area contributed by atoms with E-state index in [2.05, 4.69) is 31.9 Å². The molecule has 0 aliphatic carbocycles. The summed E-state index contributed by atoms with van der Waals surface area (Å²) in [5.41, 5.74) is 4.98. The van der Waals surface area contributed by atoms with E-state index in [0.717, 1.165) is 55.7 Å². The van der Waals surface area contributed by atoms with Gasteiger partial charge in [-0.05, 0) is 30.7 Å². The van der Waals surface area contributed by atoms with Crippen molar-refractivity contribution in [3.63, 3.8) is 0 Å². The average Bonchev–Trinajstić information content (AvgIpc) is 3.36. The molecule has 9 nitrogen and oxygen atoms in total. The second-order valence-electron chi connectivity index (χ2n) is 9.03. The highest BCUT2D eigenvalue weighted by Crippen LogP contribution is 2.35. The van der Waals surface area contributed by atoms with Crippen molar-refractivity contribution in [3.05, 3.63) is 64.6 Å². The van der Waals surface area contributed by atoms with Gasteiger partial charge in [-0.15, -0.1) is 0 Å². The van der Waals surface area contributed by atoms with Crippen molar-refractivity contribution in [2.75, 3.05) is 26.2 Å². The van der Waals surface area contributed by atoms with Crippen LogP contribution in [0.2, 0.25) is 5.02 Å². The molecule has 4 aromatic heterocycles. The summed E-state index contributed by atoms with van der Waals surface area (Å²) < 4.78 is 22.9. The molecule has 6 heterocycles. The molecule has 1 saturated heterocycles. The zero-order valence-electron chi connectivity index (χ0n) is 19.2. The van der Waals surface area contributed by atoms with Gasteiger partial charge in [0.05, 0.1) is 41.0 Å². The van der Waals surface area contributed by atoms with Crippen molar-refractivity contribution in [1.29, 1.82) is 0 Å². The number of rotatable bonds is 6. The Bertz CT molecular complexity index is 1380. The number of nitrogens with zero attached hydrogens (tertiary/aromatic N) is 6. The number of aliphatic hydroxyl groups excluding tert-OH is 1. The Hall–Kier alpha value is -3.05. The topological polar surface area (TPSA) is 92.7 Å². The van der Waals surface area contributed by atoms with Crippen molar-refractivity contribution in [1.82, 2.24) is 34.6 Å². The molecule has 4 aromatic rings. The summed E-state index contributed by atoms with van der Waals surface area (Å²) in [6.07, 6.45) is 3.48. The van der Waals surface area contributed by atoms with E-state index in [1.54, 1.807) is 10.7 Å². The summed E-state index contributed by atoms with van der Waals surface area (Å²) in [4.78, 5) is 6.45. The molecule has 1 fully saturated rings. The number of aliphatic hydroxyl groups is 1. The normalized spacial score (nSPS) is 17.4. The van der Waals surface area contributed by atoms with E-state index in [4.69, 9.17) is 21.4 Å². The van der Waals surface area contributed by atoms with Crippen molar-refractivity contribution in [3.8, 4) is 17.0 Å². The Morgan fingerprint density at radius 1 is 1.29 bits per heavy atom. The molecule has 0 amide bonds. The molecular weight excluding hydrogens is 473 g/mol. The minimum absolute atomic E-state index is 0.0810. The Balaban J connectivity index is 1.31. The molecule has 0 aromatic carbocycles. The highest BCUT2D eigenvalue weighted by Gasteiger charge is 2.30. The second kappa shape index (κ2) is 8.87. The van der Waals surface area contributed by atoms with Crippen molar-refractivity contribution >= 4 is 17.1 Å².